The van der Waals surface area contributed by atoms with Gasteiger partial charge >= 0.3 is 0 Å². The highest BCUT2D eigenvalue weighted by molar-refractivity contribution is 6.14. The summed E-state index contributed by atoms with van der Waals surface area (Å²) in [5.41, 5.74) is 2.71. The summed E-state index contributed by atoms with van der Waals surface area (Å²) in [4.78, 5) is 13.1. The number of aromatic hydroxyl groups is 2. The van der Waals surface area contributed by atoms with Crippen molar-refractivity contribution >= 4 is 17.9 Å². The van der Waals surface area contributed by atoms with Crippen molar-refractivity contribution in [3.05, 3.63) is 46.5 Å². The minimum absolute atomic E-state index is 0.0525. The average molecular weight is 426 g/mol. The second-order valence-corrected chi connectivity index (χ2v) is 7.07. The molecule has 2 aromatic carbocycles. The van der Waals surface area contributed by atoms with Crippen LogP contribution in [0.1, 0.15) is 30.4 Å². The van der Waals surface area contributed by atoms with Crippen LogP contribution < -0.4 is 18.9 Å². The topological polar surface area (TPSA) is 94.5 Å². The van der Waals surface area contributed by atoms with Crippen molar-refractivity contribution in [2.24, 2.45) is 0 Å². The molecule has 0 unspecified atom stereocenters. The zero-order chi connectivity index (χ0) is 22.5. The number of hydrogen-bond acceptors (Lipinski definition) is 7. The van der Waals surface area contributed by atoms with Crippen molar-refractivity contribution in [2.45, 2.75) is 19.3 Å². The molecule has 1 aliphatic carbocycles. The summed E-state index contributed by atoms with van der Waals surface area (Å²) in [6.45, 7) is 0. The molecule has 0 saturated heterocycles. The van der Waals surface area contributed by atoms with E-state index >= 15 is 0 Å². The Labute approximate surface area is 181 Å². The fraction of sp³-hybridized carbons (Fsp3) is 0.292. The Morgan fingerprint density at radius 2 is 1.00 bits per heavy atom. The molecule has 0 spiro atoms. The molecule has 1 saturated carbocycles. The minimum Gasteiger partial charge on any atom is -0.502 e. The van der Waals surface area contributed by atoms with E-state index in [1.807, 2.05) is 0 Å². The number of ketones is 1. The Bertz CT molecular complexity index is 918. The molecule has 0 radical (unpaired) electrons. The molecular weight excluding hydrogens is 400 g/mol. The number of hydrogen-bond donors (Lipinski definition) is 2. The summed E-state index contributed by atoms with van der Waals surface area (Å²) >= 11 is 0. The highest BCUT2D eigenvalue weighted by Crippen LogP contribution is 2.40. The predicted octanol–water partition coefficient (Wildman–Crippen LogP) is 4.35. The van der Waals surface area contributed by atoms with Crippen LogP contribution in [0.3, 0.4) is 0 Å². The van der Waals surface area contributed by atoms with Crippen LogP contribution in [0, 0.1) is 0 Å². The fourth-order valence-corrected chi connectivity index (χ4v) is 3.57. The quantitative estimate of drug-likeness (QED) is 0.663. The Morgan fingerprint density at radius 3 is 1.29 bits per heavy atom. The van der Waals surface area contributed by atoms with Crippen LogP contribution in [-0.2, 0) is 4.79 Å². The van der Waals surface area contributed by atoms with Crippen molar-refractivity contribution in [2.75, 3.05) is 28.4 Å². The number of carbonyl (C=O) groups excluding carboxylic acids is 1. The molecule has 2 N–H and O–H groups in total. The van der Waals surface area contributed by atoms with Crippen molar-refractivity contribution in [1.82, 2.24) is 0 Å². The summed E-state index contributed by atoms with van der Waals surface area (Å²) in [6.07, 6.45) is 5.69. The van der Waals surface area contributed by atoms with Gasteiger partial charge in [0.25, 0.3) is 0 Å². The molecule has 31 heavy (non-hydrogen) atoms. The molecule has 0 bridgehead atoms. The lowest BCUT2D eigenvalue weighted by Gasteiger charge is -2.17. The van der Waals surface area contributed by atoms with Gasteiger partial charge in [-0.3, -0.25) is 4.79 Å². The molecule has 7 nitrogen and oxygen atoms in total. The molecular formula is C24H26O7. The van der Waals surface area contributed by atoms with Gasteiger partial charge in [0, 0.05) is 11.1 Å². The van der Waals surface area contributed by atoms with Gasteiger partial charge in [0.1, 0.15) is 0 Å². The van der Waals surface area contributed by atoms with E-state index in [1.165, 1.54) is 28.4 Å². The first-order valence-corrected chi connectivity index (χ1v) is 9.77. The van der Waals surface area contributed by atoms with Crippen LogP contribution in [0.5, 0.6) is 34.5 Å². The highest BCUT2D eigenvalue weighted by Gasteiger charge is 2.22. The van der Waals surface area contributed by atoms with Gasteiger partial charge in [-0.1, -0.05) is 0 Å². The number of allylic oxidation sites excluding steroid dienone is 2. The zero-order valence-corrected chi connectivity index (χ0v) is 18.0. The number of phenols is 2. The molecule has 3 rings (SSSR count). The van der Waals surface area contributed by atoms with Gasteiger partial charge in [-0.2, -0.15) is 0 Å². The van der Waals surface area contributed by atoms with Gasteiger partial charge in [-0.05, 0) is 66.8 Å². The lowest BCUT2D eigenvalue weighted by atomic mass is 9.86. The van der Waals surface area contributed by atoms with E-state index in [0.717, 1.165) is 6.42 Å². The number of rotatable bonds is 6. The first kappa shape index (κ1) is 22.1. The molecule has 0 amide bonds. The van der Waals surface area contributed by atoms with Gasteiger partial charge in [0.2, 0.25) is 11.5 Å². The third kappa shape index (κ3) is 4.60. The smallest absolute Gasteiger partial charge is 0.200 e. The van der Waals surface area contributed by atoms with E-state index in [1.54, 1.807) is 36.4 Å². The van der Waals surface area contributed by atoms with E-state index in [9.17, 15) is 15.0 Å². The van der Waals surface area contributed by atoms with Gasteiger partial charge in [0.15, 0.2) is 28.8 Å². The van der Waals surface area contributed by atoms with Crippen LogP contribution in [0.2, 0.25) is 0 Å². The van der Waals surface area contributed by atoms with E-state index < -0.39 is 0 Å². The number of carbonyl (C=O) groups is 1. The summed E-state index contributed by atoms with van der Waals surface area (Å²) in [7, 11) is 5.83. The average Bonchev–Trinajstić information content (AvgIpc) is 2.78. The third-order valence-corrected chi connectivity index (χ3v) is 5.16. The standard InChI is InChI=1S/C24H26O7/c1-28-18-10-14(11-19(29-2)23(18)26)8-16-6-5-7-17(22(16)25)9-15-12-20(30-3)24(27)21(13-15)31-4/h8-13,26-27H,5-7H2,1-4H3/b16-8-,17-9-. The molecule has 0 heterocycles. The number of ether oxygens (including phenoxy) is 4. The monoisotopic (exact) mass is 426 g/mol. The number of benzene rings is 2. The largest absolute Gasteiger partial charge is 0.502 e. The zero-order valence-electron chi connectivity index (χ0n) is 18.0. The molecule has 164 valence electrons. The van der Waals surface area contributed by atoms with Crippen molar-refractivity contribution < 1.29 is 34.0 Å². The van der Waals surface area contributed by atoms with Gasteiger partial charge in [0.05, 0.1) is 28.4 Å². The lowest BCUT2D eigenvalue weighted by molar-refractivity contribution is -0.112. The maximum atomic E-state index is 13.1. The maximum Gasteiger partial charge on any atom is 0.200 e. The fourth-order valence-electron chi connectivity index (χ4n) is 3.57. The third-order valence-electron chi connectivity index (χ3n) is 5.16. The first-order valence-electron chi connectivity index (χ1n) is 9.77. The number of methoxy groups -OCH3 is 4. The molecule has 0 aromatic heterocycles. The SMILES string of the molecule is COc1cc(/C=C2/CCC/C(=C/c3cc(OC)c(O)c(OC)c3)C2=O)cc(OC)c1O. The predicted molar refractivity (Wildman–Crippen MR) is 117 cm³/mol. The van der Waals surface area contributed by atoms with Gasteiger partial charge < -0.3 is 29.2 Å². The van der Waals surface area contributed by atoms with Gasteiger partial charge in [-0.25, -0.2) is 0 Å². The van der Waals surface area contributed by atoms with E-state index in [0.29, 0.717) is 35.1 Å². The summed E-state index contributed by atoms with van der Waals surface area (Å²) in [6, 6.07) is 6.63. The second kappa shape index (κ2) is 9.47. The van der Waals surface area contributed by atoms with Crippen molar-refractivity contribution in [3.8, 4) is 34.5 Å². The Kier molecular flexibility index (Phi) is 6.74. The number of Topliss-reactive ketones (excluding diaryl/α,β-unsaturated/α-hetero) is 1. The molecule has 1 aliphatic rings. The Balaban J connectivity index is 1.97. The van der Waals surface area contributed by atoms with E-state index in [2.05, 4.69) is 0 Å². The van der Waals surface area contributed by atoms with E-state index in [4.69, 9.17) is 18.9 Å². The van der Waals surface area contributed by atoms with Crippen LogP contribution >= 0.6 is 0 Å². The van der Waals surface area contributed by atoms with Crippen LogP contribution in [0.4, 0.5) is 0 Å². The summed E-state index contributed by atoms with van der Waals surface area (Å²) in [5, 5.41) is 20.2. The molecule has 7 heteroatoms. The van der Waals surface area contributed by atoms with E-state index in [-0.39, 0.29) is 40.3 Å². The molecule has 0 aliphatic heterocycles. The van der Waals surface area contributed by atoms with Crippen LogP contribution in [0.15, 0.2) is 35.4 Å². The summed E-state index contributed by atoms with van der Waals surface area (Å²) < 4.78 is 20.8. The minimum atomic E-state index is -0.0852. The van der Waals surface area contributed by atoms with Gasteiger partial charge in [-0.15, -0.1) is 0 Å². The molecule has 2 aromatic rings. The molecule has 1 fully saturated rings. The normalized spacial score (nSPS) is 16.5. The Hall–Kier alpha value is -3.61. The summed E-state index contributed by atoms with van der Waals surface area (Å²) in [5.74, 6) is 0.864. The lowest BCUT2D eigenvalue weighted by Crippen LogP contribution is -2.12. The van der Waals surface area contributed by atoms with Crippen LogP contribution in [-0.4, -0.2) is 44.4 Å². The Morgan fingerprint density at radius 1 is 0.677 bits per heavy atom. The highest BCUT2D eigenvalue weighted by atomic mass is 16.5. The number of phenolic OH excluding ortho intramolecular Hbond substituents is 2. The van der Waals surface area contributed by atoms with Crippen molar-refractivity contribution in [1.29, 1.82) is 0 Å². The molecule has 0 atom stereocenters. The first-order chi connectivity index (χ1) is 14.9. The second-order valence-electron chi connectivity index (χ2n) is 7.07. The van der Waals surface area contributed by atoms with Crippen LogP contribution in [0.25, 0.3) is 12.2 Å². The maximum absolute atomic E-state index is 13.1. The van der Waals surface area contributed by atoms with Crippen molar-refractivity contribution in [3.63, 3.8) is 0 Å².